The Hall–Kier alpha value is -8.90. The summed E-state index contributed by atoms with van der Waals surface area (Å²) in [6.45, 7) is 0.317. The lowest BCUT2D eigenvalue weighted by molar-refractivity contribution is -0.310. The number of ether oxygens (including phenoxy) is 4. The predicted octanol–water partition coefficient (Wildman–Crippen LogP) is 0.841. The van der Waals surface area contributed by atoms with Crippen LogP contribution in [0, 0.1) is 0 Å². The monoisotopic (exact) mass is 1430 g/mol. The Morgan fingerprint density at radius 2 is 0.780 bits per heavy atom. The van der Waals surface area contributed by atoms with E-state index in [1.54, 1.807) is 48.5 Å². The molecule has 6 amide bonds. The molecule has 16 N–H and O–H groups in total. The fourth-order valence-electron chi connectivity index (χ4n) is 10.9. The highest BCUT2D eigenvalue weighted by Gasteiger charge is 2.57. The van der Waals surface area contributed by atoms with Gasteiger partial charge in [-0.05, 0) is 95.1 Å². The Labute approximate surface area is 581 Å². The summed E-state index contributed by atoms with van der Waals surface area (Å²) in [6, 6.07) is 30.8. The van der Waals surface area contributed by atoms with E-state index in [0.717, 1.165) is 59.6 Å². The van der Waals surface area contributed by atoms with Gasteiger partial charge in [0.25, 0.3) is 35.2 Å². The summed E-state index contributed by atoms with van der Waals surface area (Å²) in [7, 11) is 0. The number of carbonyl (C=O) groups excluding carboxylic acids is 6. The molecule has 30 nitrogen and oxygen atoms in total. The van der Waals surface area contributed by atoms with Gasteiger partial charge in [0, 0.05) is 73.5 Å². The number of rotatable bonds is 36. The molecule has 2 saturated heterocycles. The van der Waals surface area contributed by atoms with Crippen molar-refractivity contribution >= 4 is 82.8 Å². The van der Waals surface area contributed by atoms with Gasteiger partial charge in [-0.25, -0.2) is 19.2 Å². The first-order valence-corrected chi connectivity index (χ1v) is 33.9. The van der Waals surface area contributed by atoms with E-state index in [1.807, 2.05) is 60.7 Å². The van der Waals surface area contributed by atoms with Crippen molar-refractivity contribution in [1.82, 2.24) is 31.9 Å². The molecule has 0 aromatic heterocycles. The highest BCUT2D eigenvalue weighted by atomic mass is 32.2. The summed E-state index contributed by atoms with van der Waals surface area (Å²) < 4.78 is 23.0. The first-order valence-electron chi connectivity index (χ1n) is 31.6. The molecule has 14 atom stereocenters. The van der Waals surface area contributed by atoms with Gasteiger partial charge in [0.15, 0.2) is 0 Å². The van der Waals surface area contributed by atoms with Crippen LogP contribution in [0.4, 0.5) is 0 Å². The van der Waals surface area contributed by atoms with Crippen molar-refractivity contribution in [2.24, 2.45) is 0 Å². The summed E-state index contributed by atoms with van der Waals surface area (Å²) in [5.41, 5.74) is 3.80. The molecule has 5 aromatic carbocycles. The first kappa shape index (κ1) is 78.4. The van der Waals surface area contributed by atoms with E-state index in [2.05, 4.69) is 31.9 Å². The maximum Gasteiger partial charge on any atom is 0.364 e. The number of carboxylic acids is 4. The van der Waals surface area contributed by atoms with E-state index in [-0.39, 0.29) is 71.3 Å². The second-order valence-electron chi connectivity index (χ2n) is 23.6. The van der Waals surface area contributed by atoms with Gasteiger partial charge in [0.05, 0.1) is 49.7 Å². The number of aliphatic hydroxyl groups excluding tert-OH is 6. The fourth-order valence-corrected chi connectivity index (χ4v) is 12.8. The largest absolute Gasteiger partial charge is 0.480 e. The lowest BCUT2D eigenvalue weighted by Gasteiger charge is -2.46. The molecule has 2 aliphatic heterocycles. The van der Waals surface area contributed by atoms with Crippen LogP contribution in [-0.2, 0) is 47.7 Å². The topological polar surface area (TPSA) is 482 Å². The molecule has 5 aromatic rings. The van der Waals surface area contributed by atoms with Crippen molar-refractivity contribution < 1.29 is 118 Å². The molecule has 0 spiro atoms. The van der Waals surface area contributed by atoms with Gasteiger partial charge in [-0.1, -0.05) is 84.9 Å². The molecule has 0 radical (unpaired) electrons. The molecule has 2 aliphatic rings. The number of amides is 6. The van der Waals surface area contributed by atoms with Crippen LogP contribution in [-0.4, -0.2) is 244 Å². The van der Waals surface area contributed by atoms with Gasteiger partial charge in [-0.15, -0.1) is 0 Å². The molecule has 32 heteroatoms. The summed E-state index contributed by atoms with van der Waals surface area (Å²) in [4.78, 5) is 127. The number of thioether (sulfide) groups is 2. The summed E-state index contributed by atoms with van der Waals surface area (Å²) >= 11 is 2.06. The van der Waals surface area contributed by atoms with E-state index in [1.165, 1.54) is 24.3 Å². The first-order chi connectivity index (χ1) is 47.6. The van der Waals surface area contributed by atoms with Crippen molar-refractivity contribution in [3.05, 3.63) is 156 Å². The zero-order valence-corrected chi connectivity index (χ0v) is 55.8. The zero-order chi connectivity index (χ0) is 72.8. The Kier molecular flexibility index (Phi) is 29.0. The van der Waals surface area contributed by atoms with Crippen LogP contribution in [0.1, 0.15) is 81.0 Å². The predicted molar refractivity (Wildman–Crippen MR) is 359 cm³/mol. The normalized spacial score (nSPS) is 22.2. The van der Waals surface area contributed by atoms with Gasteiger partial charge in [-0.3, -0.25) is 28.8 Å². The van der Waals surface area contributed by atoms with E-state index >= 15 is 0 Å². The van der Waals surface area contributed by atoms with Crippen molar-refractivity contribution in [3.63, 3.8) is 0 Å². The number of nitrogens with one attached hydrogen (secondary N) is 6. The zero-order valence-electron chi connectivity index (χ0n) is 54.1. The van der Waals surface area contributed by atoms with E-state index in [9.17, 15) is 99.0 Å². The average molecular weight is 1430 g/mol. The van der Waals surface area contributed by atoms with Crippen molar-refractivity contribution in [2.75, 3.05) is 49.3 Å². The van der Waals surface area contributed by atoms with Crippen LogP contribution in [0.2, 0.25) is 0 Å². The quantitative estimate of drug-likeness (QED) is 0.0247. The average Bonchev–Trinajstić information content (AvgIpc) is 0.774. The molecule has 0 saturated carbocycles. The lowest BCUT2D eigenvalue weighted by Crippen LogP contribution is -2.68. The number of aliphatic carboxylic acids is 4. The Bertz CT molecular complexity index is 3390. The summed E-state index contributed by atoms with van der Waals surface area (Å²) in [6.07, 6.45) is -16.1. The van der Waals surface area contributed by atoms with E-state index in [0.29, 0.717) is 0 Å². The molecule has 2 unspecified atom stereocenters. The second kappa shape index (κ2) is 37.0. The standard InChI is InChI=1S/C68H80N6O24S2/c1-37(75)71-53-49(77)31-67(65(91)92,97-57(53)55(81)51(79)33-69-59(83)43-19-15-41(16-20-43)39-11-5-3-6-12-39)95-27-9-29-99-35-47(63(87)88)73-61(85)45-23-25-46(26-24-45)62(86)74-48(64(89)90)36-100-30-10-28-96-68(66(93)94)32-50(78)54(72-38(2)76)58(98-68)56(82)52(80)34-70-60(84)44-21-17-42(18-22-44)40-13-7-4-8-14-40/h3-8,11-26,47-58,77-82H,9-10,27-36H2,1-2H3,(H,69,83)(H,70,84)(H,71,75)(H,72,76)(H,73,85)(H,74,86)(H,87,88)(H,89,90)(H,91,92)(H,93,94)/t47?,48?,49-,50-,51+,52+,53+,54+,55+,56+,57+,58+,67+,68+/m0/s1. The van der Waals surface area contributed by atoms with Crippen LogP contribution in [0.25, 0.3) is 22.3 Å². The lowest BCUT2D eigenvalue weighted by atomic mass is 9.88. The van der Waals surface area contributed by atoms with Gasteiger partial charge in [0.1, 0.15) is 36.5 Å². The molecule has 2 fully saturated rings. The van der Waals surface area contributed by atoms with Crippen molar-refractivity contribution in [3.8, 4) is 22.3 Å². The molecule has 7 rings (SSSR count). The Morgan fingerprint density at radius 1 is 0.470 bits per heavy atom. The maximum atomic E-state index is 13.2. The molecular formula is C68H80N6O24S2. The maximum absolute atomic E-state index is 13.2. The Balaban J connectivity index is 0.835. The number of carbonyl (C=O) groups is 10. The highest BCUT2D eigenvalue weighted by Crippen LogP contribution is 2.36. The number of hydrogen-bond donors (Lipinski definition) is 16. The second-order valence-corrected chi connectivity index (χ2v) is 25.9. The summed E-state index contributed by atoms with van der Waals surface area (Å²) in [5, 5.41) is 122. The molecule has 0 bridgehead atoms. The third-order valence-corrected chi connectivity index (χ3v) is 18.5. The van der Waals surface area contributed by atoms with E-state index in [4.69, 9.17) is 18.9 Å². The van der Waals surface area contributed by atoms with Crippen molar-refractivity contribution in [2.45, 2.75) is 124 Å². The summed E-state index contributed by atoms with van der Waals surface area (Å²) in [5.74, 6) is -16.1. The minimum absolute atomic E-state index is 0.0478. The molecule has 2 heterocycles. The van der Waals surface area contributed by atoms with Crippen LogP contribution < -0.4 is 31.9 Å². The van der Waals surface area contributed by atoms with Gasteiger partial charge in [0.2, 0.25) is 11.8 Å². The SMILES string of the molecule is CC(=O)N[C@H]1[C@H]([C@H](O)[C@H](O)CNC(=O)c2ccc(-c3ccccc3)cc2)O[C@@](OCCCSCC(NC(=O)c2ccc(C(=O)NC(CSCCCO[C@]3(C(=O)O)C[C@H](O)[C@@H](NC(C)=O)[C@H]([C@H](O)[C@H](O)CNC(=O)c4ccc(-c5ccccc5)cc4)O3)C(=O)O)cc2)C(=O)O)(C(=O)O)C[C@@H]1O. The van der Waals surface area contributed by atoms with E-state index < -0.39 is 170 Å². The number of carboxylic acid groups (broad SMARTS) is 4. The third kappa shape index (κ3) is 21.6. The molecule has 538 valence electrons. The molecular weight excluding hydrogens is 1350 g/mol. The van der Waals surface area contributed by atoms with Gasteiger partial charge >= 0.3 is 23.9 Å². The minimum Gasteiger partial charge on any atom is -0.480 e. The van der Waals surface area contributed by atoms with Gasteiger partial charge < -0.3 is 102 Å². The van der Waals surface area contributed by atoms with Crippen LogP contribution in [0.15, 0.2) is 133 Å². The minimum atomic E-state index is -2.63. The molecule has 100 heavy (non-hydrogen) atoms. The number of benzene rings is 5. The highest BCUT2D eigenvalue weighted by molar-refractivity contribution is 7.99. The van der Waals surface area contributed by atoms with Crippen LogP contribution in [0.5, 0.6) is 0 Å². The van der Waals surface area contributed by atoms with Crippen LogP contribution in [0.3, 0.4) is 0 Å². The van der Waals surface area contributed by atoms with Gasteiger partial charge in [-0.2, -0.15) is 23.5 Å². The number of aliphatic hydroxyl groups is 6. The fraction of sp³-hybridized carbons (Fsp3) is 0.412. The molecule has 0 aliphatic carbocycles. The smallest absolute Gasteiger partial charge is 0.364 e. The number of hydrogen-bond acceptors (Lipinski definition) is 22. The van der Waals surface area contributed by atoms with Crippen molar-refractivity contribution in [1.29, 1.82) is 0 Å². The third-order valence-electron chi connectivity index (χ3n) is 16.2. The van der Waals surface area contributed by atoms with Crippen LogP contribution >= 0.6 is 23.5 Å². The Morgan fingerprint density at radius 3 is 1.09 bits per heavy atom.